The lowest BCUT2D eigenvalue weighted by atomic mass is 9.75. The van der Waals surface area contributed by atoms with E-state index in [1.165, 1.54) is 0 Å². The monoisotopic (exact) mass is 274 g/mol. The van der Waals surface area contributed by atoms with Gasteiger partial charge < -0.3 is 10.6 Å². The summed E-state index contributed by atoms with van der Waals surface area (Å²) in [7, 11) is 0.827. The van der Waals surface area contributed by atoms with E-state index in [4.69, 9.17) is 0 Å². The standard InChI is InChI=1S/C13H26N2O2S/c1-5-15-12(16)9-18(17)11-8-13(2,3)7-6-10(11)14-4/h10-11,14H,5-9H2,1-4H3,(H,15,16). The second-order valence-electron chi connectivity index (χ2n) is 5.82. The first-order chi connectivity index (χ1) is 8.39. The van der Waals surface area contributed by atoms with E-state index in [-0.39, 0.29) is 28.4 Å². The van der Waals surface area contributed by atoms with Crippen LogP contribution in [0.5, 0.6) is 0 Å². The van der Waals surface area contributed by atoms with Gasteiger partial charge in [0.2, 0.25) is 5.91 Å². The van der Waals surface area contributed by atoms with Crippen LogP contribution in [0.2, 0.25) is 0 Å². The molecule has 1 saturated carbocycles. The number of carbonyl (C=O) groups is 1. The molecule has 0 aliphatic heterocycles. The molecule has 5 heteroatoms. The molecule has 1 fully saturated rings. The van der Waals surface area contributed by atoms with Gasteiger partial charge in [0.05, 0.1) is 5.25 Å². The Hall–Kier alpha value is -0.420. The van der Waals surface area contributed by atoms with Gasteiger partial charge in [-0.3, -0.25) is 9.00 Å². The Morgan fingerprint density at radius 1 is 1.44 bits per heavy atom. The third-order valence-corrected chi connectivity index (χ3v) is 5.41. The Morgan fingerprint density at radius 2 is 2.11 bits per heavy atom. The molecule has 2 N–H and O–H groups in total. The van der Waals surface area contributed by atoms with Crippen molar-refractivity contribution in [3.63, 3.8) is 0 Å². The minimum atomic E-state index is -1.09. The average molecular weight is 274 g/mol. The van der Waals surface area contributed by atoms with Crippen LogP contribution in [0.15, 0.2) is 0 Å². The lowest BCUT2D eigenvalue weighted by molar-refractivity contribution is -0.118. The Balaban J connectivity index is 2.64. The van der Waals surface area contributed by atoms with Gasteiger partial charge in [-0.15, -0.1) is 0 Å². The van der Waals surface area contributed by atoms with Crippen molar-refractivity contribution in [3.05, 3.63) is 0 Å². The van der Waals surface area contributed by atoms with Crippen LogP contribution in [0.4, 0.5) is 0 Å². The molecule has 0 radical (unpaired) electrons. The Kier molecular flexibility index (Phi) is 5.79. The van der Waals surface area contributed by atoms with E-state index >= 15 is 0 Å². The zero-order valence-electron chi connectivity index (χ0n) is 11.9. The highest BCUT2D eigenvalue weighted by molar-refractivity contribution is 7.86. The topological polar surface area (TPSA) is 58.2 Å². The fourth-order valence-electron chi connectivity index (χ4n) is 2.61. The molecule has 106 valence electrons. The molecule has 3 atom stereocenters. The van der Waals surface area contributed by atoms with Crippen molar-refractivity contribution >= 4 is 16.7 Å². The van der Waals surface area contributed by atoms with Gasteiger partial charge in [-0.05, 0) is 38.6 Å². The van der Waals surface area contributed by atoms with Crippen molar-refractivity contribution in [2.45, 2.75) is 51.3 Å². The zero-order valence-corrected chi connectivity index (χ0v) is 12.7. The summed E-state index contributed by atoms with van der Waals surface area (Å²) in [4.78, 5) is 11.5. The maximum Gasteiger partial charge on any atom is 0.232 e. The largest absolute Gasteiger partial charge is 0.356 e. The quantitative estimate of drug-likeness (QED) is 0.787. The van der Waals surface area contributed by atoms with Crippen LogP contribution in [0.25, 0.3) is 0 Å². The molecule has 1 aliphatic rings. The highest BCUT2D eigenvalue weighted by atomic mass is 32.2. The molecular weight excluding hydrogens is 248 g/mol. The van der Waals surface area contributed by atoms with Gasteiger partial charge in [0.1, 0.15) is 5.75 Å². The van der Waals surface area contributed by atoms with Crippen molar-refractivity contribution in [3.8, 4) is 0 Å². The highest BCUT2D eigenvalue weighted by Crippen LogP contribution is 2.37. The van der Waals surface area contributed by atoms with Crippen LogP contribution in [0, 0.1) is 5.41 Å². The zero-order chi connectivity index (χ0) is 13.8. The molecule has 0 heterocycles. The molecule has 0 aromatic carbocycles. The minimum Gasteiger partial charge on any atom is -0.356 e. The van der Waals surface area contributed by atoms with E-state index in [2.05, 4.69) is 24.5 Å². The van der Waals surface area contributed by atoms with Gasteiger partial charge in [0.15, 0.2) is 0 Å². The molecule has 4 nitrogen and oxygen atoms in total. The van der Waals surface area contributed by atoms with E-state index in [1.54, 1.807) is 0 Å². The summed E-state index contributed by atoms with van der Waals surface area (Å²) in [5.41, 5.74) is 0.231. The molecule has 3 unspecified atom stereocenters. The summed E-state index contributed by atoms with van der Waals surface area (Å²) in [6.45, 7) is 6.91. The molecule has 18 heavy (non-hydrogen) atoms. The van der Waals surface area contributed by atoms with Gasteiger partial charge in [0, 0.05) is 23.4 Å². The Bertz CT molecular complexity index is 318. The number of carbonyl (C=O) groups excluding carboxylic acids is 1. The molecule has 0 aromatic heterocycles. The van der Waals surface area contributed by atoms with E-state index in [0.717, 1.165) is 19.3 Å². The van der Waals surface area contributed by atoms with Crippen LogP contribution in [0.1, 0.15) is 40.0 Å². The SMILES string of the molecule is CCNC(=O)CS(=O)C1CC(C)(C)CCC1NC. The number of rotatable bonds is 5. The second-order valence-corrected chi connectivity index (χ2v) is 7.47. The molecule has 0 bridgehead atoms. The summed E-state index contributed by atoms with van der Waals surface area (Å²) in [5.74, 6) is 0.0290. The highest BCUT2D eigenvalue weighted by Gasteiger charge is 2.37. The van der Waals surface area contributed by atoms with Crippen molar-refractivity contribution in [2.75, 3.05) is 19.3 Å². The molecule has 1 rings (SSSR count). The maximum atomic E-state index is 12.4. The van der Waals surface area contributed by atoms with Gasteiger partial charge >= 0.3 is 0 Å². The third kappa shape index (κ3) is 4.35. The predicted octanol–water partition coefficient (Wildman–Crippen LogP) is 1.04. The van der Waals surface area contributed by atoms with Crippen molar-refractivity contribution in [1.29, 1.82) is 0 Å². The first-order valence-corrected chi connectivity index (χ1v) is 8.09. The third-order valence-electron chi connectivity index (χ3n) is 3.69. The lowest BCUT2D eigenvalue weighted by Crippen LogP contribution is -2.48. The van der Waals surface area contributed by atoms with Gasteiger partial charge in [-0.2, -0.15) is 0 Å². The van der Waals surface area contributed by atoms with Gasteiger partial charge in [0.25, 0.3) is 0 Å². The summed E-state index contributed by atoms with van der Waals surface area (Å²) in [5, 5.41) is 6.05. The fourth-order valence-corrected chi connectivity index (χ4v) is 4.46. The average Bonchev–Trinajstić information content (AvgIpc) is 2.28. The maximum absolute atomic E-state index is 12.4. The van der Waals surface area contributed by atoms with Gasteiger partial charge in [-0.1, -0.05) is 13.8 Å². The minimum absolute atomic E-state index is 0.0846. The van der Waals surface area contributed by atoms with Crippen LogP contribution in [0.3, 0.4) is 0 Å². The summed E-state index contributed by atoms with van der Waals surface area (Å²) in [6.07, 6.45) is 3.10. The first-order valence-electron chi connectivity index (χ1n) is 6.70. The van der Waals surface area contributed by atoms with Gasteiger partial charge in [-0.25, -0.2) is 0 Å². The lowest BCUT2D eigenvalue weighted by Gasteiger charge is -2.40. The molecule has 1 aliphatic carbocycles. The van der Waals surface area contributed by atoms with Crippen LogP contribution in [-0.4, -0.2) is 40.8 Å². The number of hydrogen-bond donors (Lipinski definition) is 2. The molecule has 0 saturated heterocycles. The molecule has 0 spiro atoms. The second kappa shape index (κ2) is 6.66. The number of nitrogens with one attached hydrogen (secondary N) is 2. The van der Waals surface area contributed by atoms with E-state index in [0.29, 0.717) is 6.54 Å². The summed E-state index contributed by atoms with van der Waals surface area (Å²) in [6, 6.07) is 0.272. The Morgan fingerprint density at radius 3 is 2.67 bits per heavy atom. The normalized spacial score (nSPS) is 28.7. The smallest absolute Gasteiger partial charge is 0.232 e. The van der Waals surface area contributed by atoms with E-state index in [1.807, 2.05) is 14.0 Å². The summed E-state index contributed by atoms with van der Waals surface area (Å²) < 4.78 is 12.4. The van der Waals surface area contributed by atoms with Crippen LogP contribution >= 0.6 is 0 Å². The van der Waals surface area contributed by atoms with E-state index in [9.17, 15) is 9.00 Å². The molecular formula is C13H26N2O2S. The predicted molar refractivity (Wildman–Crippen MR) is 76.0 cm³/mol. The number of hydrogen-bond acceptors (Lipinski definition) is 3. The van der Waals surface area contributed by atoms with Crippen LogP contribution < -0.4 is 10.6 Å². The fraction of sp³-hybridized carbons (Fsp3) is 0.923. The van der Waals surface area contributed by atoms with Crippen LogP contribution in [-0.2, 0) is 15.6 Å². The first kappa shape index (κ1) is 15.6. The van der Waals surface area contributed by atoms with E-state index < -0.39 is 10.8 Å². The molecule has 1 amide bonds. The molecule has 0 aromatic rings. The summed E-state index contributed by atoms with van der Waals surface area (Å²) >= 11 is 0. The Labute approximate surface area is 113 Å². The number of amides is 1. The van der Waals surface area contributed by atoms with Crippen molar-refractivity contribution in [2.24, 2.45) is 5.41 Å². The van der Waals surface area contributed by atoms with Crippen molar-refractivity contribution in [1.82, 2.24) is 10.6 Å². The van der Waals surface area contributed by atoms with Crippen molar-refractivity contribution < 1.29 is 9.00 Å².